The Morgan fingerprint density at radius 1 is 1.14 bits per heavy atom. The Labute approximate surface area is 174 Å². The molecule has 2 aromatic heterocycles. The number of aromatic nitrogens is 4. The van der Waals surface area contributed by atoms with E-state index in [1.807, 2.05) is 18.2 Å². The maximum absolute atomic E-state index is 13.0. The van der Waals surface area contributed by atoms with Crippen molar-refractivity contribution in [1.82, 2.24) is 19.5 Å². The summed E-state index contributed by atoms with van der Waals surface area (Å²) in [5.74, 6) is 0.0227. The minimum absolute atomic E-state index is 0.0615. The van der Waals surface area contributed by atoms with Crippen LogP contribution in [-0.4, -0.2) is 30.7 Å². The van der Waals surface area contributed by atoms with Gasteiger partial charge in [-0.3, -0.25) is 19.5 Å². The third-order valence-electron chi connectivity index (χ3n) is 4.51. The first-order chi connectivity index (χ1) is 14.1. The molecule has 1 amide bonds. The van der Waals surface area contributed by atoms with Crippen molar-refractivity contribution in [2.45, 2.75) is 56.5 Å². The molecule has 0 radical (unpaired) electrons. The number of rotatable bonds is 9. The standard InChI is InChI=1S/C21H25N5O2S/c1-3-4-5-8-14-26-19(28)16-10-6-7-11-17(16)24-21(26)29-15(2)18(27)25-20-22-12-9-13-23-20/h6-7,9-13,15H,3-5,8,14H2,1-2H3,(H,22,23,25,27). The molecule has 0 aliphatic carbocycles. The number of thioether (sulfide) groups is 1. The summed E-state index contributed by atoms with van der Waals surface area (Å²) < 4.78 is 1.70. The molecule has 0 saturated carbocycles. The summed E-state index contributed by atoms with van der Waals surface area (Å²) in [4.78, 5) is 38.3. The fraction of sp³-hybridized carbons (Fsp3) is 0.381. The van der Waals surface area contributed by atoms with Crippen molar-refractivity contribution < 1.29 is 4.79 Å². The lowest BCUT2D eigenvalue weighted by Crippen LogP contribution is -2.27. The molecule has 1 aromatic carbocycles. The fourth-order valence-electron chi connectivity index (χ4n) is 2.92. The number of para-hydroxylation sites is 1. The van der Waals surface area contributed by atoms with Gasteiger partial charge in [0.2, 0.25) is 11.9 Å². The quantitative estimate of drug-likeness (QED) is 0.326. The molecular formula is C21H25N5O2S. The van der Waals surface area contributed by atoms with Gasteiger partial charge >= 0.3 is 0 Å². The van der Waals surface area contributed by atoms with Crippen molar-refractivity contribution in [3.05, 3.63) is 53.1 Å². The molecule has 1 N–H and O–H groups in total. The van der Waals surface area contributed by atoms with Gasteiger partial charge in [0.25, 0.3) is 5.56 Å². The lowest BCUT2D eigenvalue weighted by molar-refractivity contribution is -0.115. The number of hydrogen-bond acceptors (Lipinski definition) is 6. The Morgan fingerprint density at radius 3 is 2.66 bits per heavy atom. The Bertz CT molecular complexity index is 1020. The maximum atomic E-state index is 13.0. The highest BCUT2D eigenvalue weighted by Gasteiger charge is 2.20. The number of carbonyl (C=O) groups excluding carboxylic acids is 1. The minimum Gasteiger partial charge on any atom is -0.294 e. The van der Waals surface area contributed by atoms with Crippen LogP contribution in [0.4, 0.5) is 5.95 Å². The van der Waals surface area contributed by atoms with Gasteiger partial charge in [-0.2, -0.15) is 0 Å². The molecule has 0 bridgehead atoms. The second-order valence-electron chi connectivity index (χ2n) is 6.75. The van der Waals surface area contributed by atoms with Crippen molar-refractivity contribution in [2.75, 3.05) is 5.32 Å². The van der Waals surface area contributed by atoms with E-state index in [-0.39, 0.29) is 17.4 Å². The molecule has 0 spiro atoms. The van der Waals surface area contributed by atoms with Gasteiger partial charge in [0.15, 0.2) is 5.16 Å². The van der Waals surface area contributed by atoms with E-state index >= 15 is 0 Å². The second kappa shape index (κ2) is 10.2. The zero-order valence-corrected chi connectivity index (χ0v) is 17.5. The van der Waals surface area contributed by atoms with Crippen LogP contribution in [-0.2, 0) is 11.3 Å². The van der Waals surface area contributed by atoms with Gasteiger partial charge in [-0.25, -0.2) is 15.0 Å². The lowest BCUT2D eigenvalue weighted by Gasteiger charge is -2.16. The number of unbranched alkanes of at least 4 members (excludes halogenated alkanes) is 3. The molecule has 0 aliphatic rings. The van der Waals surface area contributed by atoms with Gasteiger partial charge in [0.05, 0.1) is 16.2 Å². The van der Waals surface area contributed by atoms with Crippen LogP contribution >= 0.6 is 11.8 Å². The van der Waals surface area contributed by atoms with E-state index in [0.29, 0.717) is 22.6 Å². The smallest absolute Gasteiger partial charge is 0.262 e. The molecule has 0 aliphatic heterocycles. The third kappa shape index (κ3) is 5.41. The highest BCUT2D eigenvalue weighted by Crippen LogP contribution is 2.23. The topological polar surface area (TPSA) is 89.8 Å². The first-order valence-corrected chi connectivity index (χ1v) is 10.7. The van der Waals surface area contributed by atoms with Crippen LogP contribution in [0.3, 0.4) is 0 Å². The molecule has 29 heavy (non-hydrogen) atoms. The molecule has 152 valence electrons. The summed E-state index contributed by atoms with van der Waals surface area (Å²) in [5, 5.41) is 3.39. The van der Waals surface area contributed by atoms with E-state index < -0.39 is 5.25 Å². The molecule has 2 heterocycles. The molecular weight excluding hydrogens is 386 g/mol. The number of nitrogens with zero attached hydrogens (tertiary/aromatic N) is 4. The second-order valence-corrected chi connectivity index (χ2v) is 8.06. The third-order valence-corrected chi connectivity index (χ3v) is 5.60. The van der Waals surface area contributed by atoms with Crippen LogP contribution in [0.1, 0.15) is 39.5 Å². The van der Waals surface area contributed by atoms with Crippen molar-refractivity contribution in [1.29, 1.82) is 0 Å². The van der Waals surface area contributed by atoms with Crippen molar-refractivity contribution in [3.8, 4) is 0 Å². The molecule has 1 unspecified atom stereocenters. The summed E-state index contributed by atoms with van der Waals surface area (Å²) in [6.07, 6.45) is 7.36. The number of carbonyl (C=O) groups is 1. The van der Waals surface area contributed by atoms with E-state index in [1.165, 1.54) is 11.8 Å². The van der Waals surface area contributed by atoms with Gasteiger partial charge in [0.1, 0.15) is 0 Å². The van der Waals surface area contributed by atoms with Crippen molar-refractivity contribution in [2.24, 2.45) is 0 Å². The first-order valence-electron chi connectivity index (χ1n) is 9.84. The van der Waals surface area contributed by atoms with Crippen molar-refractivity contribution in [3.63, 3.8) is 0 Å². The van der Waals surface area contributed by atoms with Gasteiger partial charge < -0.3 is 0 Å². The molecule has 0 fully saturated rings. The predicted molar refractivity (Wildman–Crippen MR) is 116 cm³/mol. The summed E-state index contributed by atoms with van der Waals surface area (Å²) >= 11 is 1.27. The van der Waals surface area contributed by atoms with Crippen LogP contribution in [0.15, 0.2) is 52.7 Å². The zero-order valence-electron chi connectivity index (χ0n) is 16.7. The monoisotopic (exact) mass is 411 g/mol. The predicted octanol–water partition coefficient (Wildman–Crippen LogP) is 3.89. The highest BCUT2D eigenvalue weighted by molar-refractivity contribution is 8.00. The minimum atomic E-state index is -0.464. The fourth-order valence-corrected chi connectivity index (χ4v) is 3.85. The number of amides is 1. The average Bonchev–Trinajstić information content (AvgIpc) is 2.73. The Morgan fingerprint density at radius 2 is 1.90 bits per heavy atom. The van der Waals surface area contributed by atoms with Gasteiger partial charge in [-0.15, -0.1) is 0 Å². The molecule has 0 saturated heterocycles. The normalized spacial score (nSPS) is 12.1. The SMILES string of the molecule is CCCCCCn1c(SC(C)C(=O)Nc2ncccn2)nc2ccccc2c1=O. The molecule has 3 rings (SSSR count). The van der Waals surface area contributed by atoms with E-state index in [2.05, 4.69) is 27.2 Å². The van der Waals surface area contributed by atoms with Crippen LogP contribution in [0, 0.1) is 0 Å². The van der Waals surface area contributed by atoms with E-state index in [4.69, 9.17) is 0 Å². The first kappa shape index (κ1) is 21.0. The van der Waals surface area contributed by atoms with E-state index in [1.54, 1.807) is 36.0 Å². The van der Waals surface area contributed by atoms with Gasteiger partial charge in [-0.1, -0.05) is 50.1 Å². The molecule has 8 heteroatoms. The van der Waals surface area contributed by atoms with Crippen LogP contribution in [0.5, 0.6) is 0 Å². The number of benzene rings is 1. The van der Waals surface area contributed by atoms with Gasteiger partial charge in [-0.05, 0) is 31.5 Å². The molecule has 7 nitrogen and oxygen atoms in total. The lowest BCUT2D eigenvalue weighted by atomic mass is 10.2. The number of nitrogens with one attached hydrogen (secondary N) is 1. The Hall–Kier alpha value is -2.74. The summed E-state index contributed by atoms with van der Waals surface area (Å²) in [6, 6.07) is 9.01. The number of fused-ring (bicyclic) bond motifs is 1. The average molecular weight is 412 g/mol. The zero-order chi connectivity index (χ0) is 20.6. The van der Waals surface area contributed by atoms with Crippen molar-refractivity contribution >= 4 is 34.5 Å². The van der Waals surface area contributed by atoms with Crippen LogP contribution in [0.2, 0.25) is 0 Å². The van der Waals surface area contributed by atoms with E-state index in [9.17, 15) is 9.59 Å². The molecule has 1 atom stereocenters. The van der Waals surface area contributed by atoms with Gasteiger partial charge in [0, 0.05) is 18.9 Å². The highest BCUT2D eigenvalue weighted by atomic mass is 32.2. The summed E-state index contributed by atoms with van der Waals surface area (Å²) in [7, 11) is 0. The van der Waals surface area contributed by atoms with Crippen LogP contribution < -0.4 is 10.9 Å². The number of hydrogen-bond donors (Lipinski definition) is 1. The maximum Gasteiger partial charge on any atom is 0.262 e. The summed E-state index contributed by atoms with van der Waals surface area (Å²) in [5.41, 5.74) is 0.581. The Balaban J connectivity index is 1.84. The largest absolute Gasteiger partial charge is 0.294 e. The van der Waals surface area contributed by atoms with E-state index in [0.717, 1.165) is 25.7 Å². The molecule has 3 aromatic rings. The summed E-state index contributed by atoms with van der Waals surface area (Å²) in [6.45, 7) is 4.53. The van der Waals surface area contributed by atoms with Crippen LogP contribution in [0.25, 0.3) is 10.9 Å². The number of anilines is 1. The Kier molecular flexibility index (Phi) is 7.35.